The predicted octanol–water partition coefficient (Wildman–Crippen LogP) is 2.17. The summed E-state index contributed by atoms with van der Waals surface area (Å²) in [7, 11) is 0. The maximum absolute atomic E-state index is 11.8. The Balaban J connectivity index is 3.01. The predicted molar refractivity (Wildman–Crippen MR) is 46.4 cm³/mol. The number of H-pyrrole nitrogens is 1. The average molecular weight is 272 g/mol. The van der Waals surface area contributed by atoms with E-state index in [-0.39, 0.29) is 0 Å². The van der Waals surface area contributed by atoms with Gasteiger partial charge in [-0.05, 0) is 11.6 Å². The normalized spacial score (nSPS) is 11.4. The summed E-state index contributed by atoms with van der Waals surface area (Å²) in [6.45, 7) is 0. The van der Waals surface area contributed by atoms with Crippen molar-refractivity contribution in [1.82, 2.24) is 4.98 Å². The molecule has 0 saturated heterocycles. The molecule has 14 heavy (non-hydrogen) atoms. The average Bonchev–Trinajstić information content (AvgIpc) is 2.06. The first-order valence-electron chi connectivity index (χ1n) is 3.45. The smallest absolute Gasteiger partial charge is 0.400 e. The highest BCUT2D eigenvalue weighted by Crippen LogP contribution is 2.20. The third-order valence-corrected chi connectivity index (χ3v) is 1.96. The number of hydrogen-bond acceptors (Lipinski definition) is 2. The summed E-state index contributed by atoms with van der Waals surface area (Å²) in [5.74, 6) is -0.755. The van der Waals surface area contributed by atoms with E-state index in [1.807, 2.05) is 0 Å². The van der Waals surface area contributed by atoms with Crippen molar-refractivity contribution in [2.45, 2.75) is 11.7 Å². The van der Waals surface area contributed by atoms with E-state index < -0.39 is 17.7 Å². The van der Waals surface area contributed by atoms with Gasteiger partial charge in [0.15, 0.2) is 5.75 Å². The van der Waals surface area contributed by atoms with E-state index in [9.17, 15) is 18.0 Å². The molecule has 3 nitrogen and oxygen atoms in total. The molecule has 0 aromatic carbocycles. The second-order valence-electron chi connectivity index (χ2n) is 2.38. The van der Waals surface area contributed by atoms with E-state index in [2.05, 4.69) is 25.7 Å². The zero-order valence-electron chi connectivity index (χ0n) is 6.69. The monoisotopic (exact) mass is 271 g/mol. The van der Waals surface area contributed by atoms with Gasteiger partial charge >= 0.3 is 6.36 Å². The van der Waals surface area contributed by atoms with Crippen LogP contribution in [0, 0.1) is 0 Å². The molecule has 0 atom stereocenters. The Morgan fingerprint density at radius 3 is 2.64 bits per heavy atom. The highest BCUT2D eigenvalue weighted by atomic mass is 79.9. The molecule has 0 spiro atoms. The van der Waals surface area contributed by atoms with Crippen LogP contribution in [0.15, 0.2) is 17.1 Å². The van der Waals surface area contributed by atoms with Gasteiger partial charge in [-0.2, -0.15) is 0 Å². The van der Waals surface area contributed by atoms with Crippen molar-refractivity contribution in [2.24, 2.45) is 0 Å². The Morgan fingerprint density at radius 2 is 2.14 bits per heavy atom. The first-order chi connectivity index (χ1) is 6.42. The SMILES string of the molecule is O=c1[nH]cc(CBr)cc1OC(F)(F)F. The molecule has 1 aromatic rings. The van der Waals surface area contributed by atoms with Crippen molar-refractivity contribution >= 4 is 15.9 Å². The van der Waals surface area contributed by atoms with Crippen LogP contribution in [0.3, 0.4) is 0 Å². The van der Waals surface area contributed by atoms with Crippen molar-refractivity contribution in [3.05, 3.63) is 28.2 Å². The molecular weight excluding hydrogens is 267 g/mol. The highest BCUT2D eigenvalue weighted by Gasteiger charge is 2.32. The van der Waals surface area contributed by atoms with E-state index in [4.69, 9.17) is 0 Å². The van der Waals surface area contributed by atoms with Gasteiger partial charge in [0.25, 0.3) is 5.56 Å². The van der Waals surface area contributed by atoms with Gasteiger partial charge in [-0.25, -0.2) is 0 Å². The van der Waals surface area contributed by atoms with Crippen molar-refractivity contribution in [2.75, 3.05) is 0 Å². The quantitative estimate of drug-likeness (QED) is 0.838. The molecule has 0 radical (unpaired) electrons. The van der Waals surface area contributed by atoms with E-state index in [1.54, 1.807) is 0 Å². The minimum absolute atomic E-state index is 0.331. The number of rotatable bonds is 2. The van der Waals surface area contributed by atoms with Crippen LogP contribution in [0.4, 0.5) is 13.2 Å². The van der Waals surface area contributed by atoms with E-state index in [0.29, 0.717) is 10.9 Å². The molecule has 0 amide bonds. The lowest BCUT2D eigenvalue weighted by Gasteiger charge is -2.08. The van der Waals surface area contributed by atoms with Crippen molar-refractivity contribution in [3.8, 4) is 5.75 Å². The van der Waals surface area contributed by atoms with Gasteiger partial charge < -0.3 is 9.72 Å². The zero-order valence-corrected chi connectivity index (χ0v) is 8.28. The summed E-state index contributed by atoms with van der Waals surface area (Å²) in [6, 6.07) is 1.03. The molecule has 0 unspecified atom stereocenters. The second-order valence-corrected chi connectivity index (χ2v) is 2.94. The molecule has 0 aliphatic carbocycles. The number of halogens is 4. The lowest BCUT2D eigenvalue weighted by atomic mass is 10.3. The lowest BCUT2D eigenvalue weighted by Crippen LogP contribution is -2.22. The van der Waals surface area contributed by atoms with Crippen LogP contribution in [-0.2, 0) is 5.33 Å². The summed E-state index contributed by atoms with van der Waals surface area (Å²) in [6.07, 6.45) is -3.54. The Kier molecular flexibility index (Phi) is 3.20. The molecule has 0 saturated carbocycles. The maximum Gasteiger partial charge on any atom is 0.573 e. The molecule has 78 valence electrons. The van der Waals surface area contributed by atoms with Crippen LogP contribution in [0.2, 0.25) is 0 Å². The fraction of sp³-hybridized carbons (Fsp3) is 0.286. The largest absolute Gasteiger partial charge is 0.573 e. The number of pyridine rings is 1. The topological polar surface area (TPSA) is 42.1 Å². The Hall–Kier alpha value is -0.980. The molecule has 1 rings (SSSR count). The summed E-state index contributed by atoms with van der Waals surface area (Å²) in [4.78, 5) is 13.0. The molecule has 0 fully saturated rings. The van der Waals surface area contributed by atoms with Crippen molar-refractivity contribution < 1.29 is 17.9 Å². The molecule has 1 heterocycles. The molecule has 0 aliphatic heterocycles. The van der Waals surface area contributed by atoms with Gasteiger partial charge in [0, 0.05) is 11.5 Å². The van der Waals surface area contributed by atoms with Gasteiger partial charge in [-0.15, -0.1) is 13.2 Å². The first kappa shape index (κ1) is 11.1. The van der Waals surface area contributed by atoms with Gasteiger partial charge in [0.2, 0.25) is 0 Å². The van der Waals surface area contributed by atoms with Crippen molar-refractivity contribution in [1.29, 1.82) is 0 Å². The van der Waals surface area contributed by atoms with E-state index in [0.717, 1.165) is 6.07 Å². The number of ether oxygens (including phenoxy) is 1. The van der Waals surface area contributed by atoms with Crippen molar-refractivity contribution in [3.63, 3.8) is 0 Å². The summed E-state index contributed by atoms with van der Waals surface area (Å²) < 4.78 is 38.8. The van der Waals surface area contributed by atoms with Gasteiger partial charge in [-0.1, -0.05) is 15.9 Å². The first-order valence-corrected chi connectivity index (χ1v) is 4.58. The highest BCUT2D eigenvalue weighted by molar-refractivity contribution is 9.08. The fourth-order valence-corrected chi connectivity index (χ4v) is 1.11. The summed E-state index contributed by atoms with van der Waals surface area (Å²) >= 11 is 3.04. The zero-order chi connectivity index (χ0) is 10.8. The van der Waals surface area contributed by atoms with Crippen LogP contribution in [-0.4, -0.2) is 11.3 Å². The van der Waals surface area contributed by atoms with Crippen LogP contribution < -0.4 is 10.3 Å². The molecule has 1 N–H and O–H groups in total. The molecule has 1 aromatic heterocycles. The minimum atomic E-state index is -4.85. The summed E-state index contributed by atoms with van der Waals surface area (Å²) in [5, 5.41) is 0.331. The Morgan fingerprint density at radius 1 is 1.50 bits per heavy atom. The number of aromatic amines is 1. The van der Waals surface area contributed by atoms with Crippen LogP contribution in [0.1, 0.15) is 5.56 Å². The van der Waals surface area contributed by atoms with Crippen LogP contribution >= 0.6 is 15.9 Å². The van der Waals surface area contributed by atoms with Gasteiger partial charge in [0.1, 0.15) is 0 Å². The Bertz CT molecular complexity index is 374. The van der Waals surface area contributed by atoms with Gasteiger partial charge in [0.05, 0.1) is 0 Å². The van der Waals surface area contributed by atoms with Crippen LogP contribution in [0.25, 0.3) is 0 Å². The van der Waals surface area contributed by atoms with Gasteiger partial charge in [-0.3, -0.25) is 4.79 Å². The number of aromatic nitrogens is 1. The third-order valence-electron chi connectivity index (χ3n) is 1.31. The molecule has 0 bridgehead atoms. The fourth-order valence-electron chi connectivity index (χ4n) is 0.783. The maximum atomic E-state index is 11.8. The number of hydrogen-bond donors (Lipinski definition) is 1. The summed E-state index contributed by atoms with van der Waals surface area (Å²) in [5.41, 5.74) is -0.420. The van der Waals surface area contributed by atoms with E-state index >= 15 is 0 Å². The number of alkyl halides is 4. The molecule has 7 heteroatoms. The third kappa shape index (κ3) is 3.06. The standard InChI is InChI=1S/C7H5BrF3NO2/c8-2-4-1-5(6(13)12-3-4)14-7(9,10)11/h1,3H,2H2,(H,12,13). The molecule has 0 aliphatic rings. The minimum Gasteiger partial charge on any atom is -0.400 e. The Labute approximate surface area is 85.0 Å². The number of nitrogens with one attached hydrogen (secondary N) is 1. The second kappa shape index (κ2) is 4.04. The molecular formula is C7H5BrF3NO2. The van der Waals surface area contributed by atoms with Crippen LogP contribution in [0.5, 0.6) is 5.75 Å². The van der Waals surface area contributed by atoms with E-state index in [1.165, 1.54) is 6.20 Å². The lowest BCUT2D eigenvalue weighted by molar-refractivity contribution is -0.275.